The van der Waals surface area contributed by atoms with E-state index >= 15 is 0 Å². The van der Waals surface area contributed by atoms with Crippen LogP contribution in [-0.4, -0.2) is 48.6 Å². The van der Waals surface area contributed by atoms with Crippen LogP contribution < -0.4 is 4.74 Å². The lowest BCUT2D eigenvalue weighted by Gasteiger charge is -2.25. The molecule has 4 rings (SSSR count). The average Bonchev–Trinajstić information content (AvgIpc) is 3.29. The first kappa shape index (κ1) is 20.1. The van der Waals surface area contributed by atoms with Gasteiger partial charge < -0.3 is 24.1 Å². The van der Waals surface area contributed by atoms with E-state index in [2.05, 4.69) is 0 Å². The summed E-state index contributed by atoms with van der Waals surface area (Å²) < 4.78 is 21.9. The van der Waals surface area contributed by atoms with E-state index in [4.69, 9.17) is 18.9 Å². The highest BCUT2D eigenvalue weighted by Crippen LogP contribution is 2.38. The number of aliphatic hydroxyl groups excluding tert-OH is 1. The SMILES string of the molecule is COc1ccc(/C=C/C(=O)O[C@@H]2[C@H]3OC(=O)C[C@H]3O[C@@H]2[C@@H](O)c2ccccc2)cc1. The van der Waals surface area contributed by atoms with Crippen LogP contribution in [0.15, 0.2) is 60.7 Å². The molecule has 2 aromatic rings. The quantitative estimate of drug-likeness (QED) is 0.578. The Hall–Kier alpha value is -3.16. The van der Waals surface area contributed by atoms with Gasteiger partial charge in [-0.05, 0) is 29.3 Å². The van der Waals surface area contributed by atoms with Crippen LogP contribution in [-0.2, 0) is 23.8 Å². The molecule has 5 atom stereocenters. The molecule has 0 aromatic heterocycles. The number of ether oxygens (including phenoxy) is 4. The van der Waals surface area contributed by atoms with Crippen LogP contribution in [0.4, 0.5) is 0 Å². The second kappa shape index (κ2) is 8.69. The highest BCUT2D eigenvalue weighted by atomic mass is 16.7. The van der Waals surface area contributed by atoms with Gasteiger partial charge in [0.05, 0.1) is 13.5 Å². The second-order valence-corrected chi connectivity index (χ2v) is 7.16. The number of carbonyl (C=O) groups is 2. The van der Waals surface area contributed by atoms with Gasteiger partial charge in [0, 0.05) is 6.08 Å². The molecule has 2 aliphatic heterocycles. The van der Waals surface area contributed by atoms with Crippen molar-refractivity contribution in [2.75, 3.05) is 7.11 Å². The number of benzene rings is 2. The summed E-state index contributed by atoms with van der Waals surface area (Å²) in [6.45, 7) is 0. The number of methoxy groups -OCH3 is 1. The molecule has 0 bridgehead atoms. The number of esters is 2. The molecule has 0 radical (unpaired) electrons. The minimum Gasteiger partial charge on any atom is -0.497 e. The van der Waals surface area contributed by atoms with Gasteiger partial charge in [0.15, 0.2) is 12.2 Å². The van der Waals surface area contributed by atoms with E-state index in [1.54, 1.807) is 61.7 Å². The number of hydrogen-bond donors (Lipinski definition) is 1. The van der Waals surface area contributed by atoms with Crippen molar-refractivity contribution in [1.29, 1.82) is 0 Å². The first-order chi connectivity index (χ1) is 14.5. The summed E-state index contributed by atoms with van der Waals surface area (Å²) in [5.41, 5.74) is 1.42. The van der Waals surface area contributed by atoms with Gasteiger partial charge in [-0.3, -0.25) is 4.79 Å². The van der Waals surface area contributed by atoms with Crippen LogP contribution in [0.1, 0.15) is 23.7 Å². The minimum absolute atomic E-state index is 0.0679. The molecule has 1 N–H and O–H groups in total. The second-order valence-electron chi connectivity index (χ2n) is 7.16. The fourth-order valence-electron chi connectivity index (χ4n) is 3.71. The first-order valence-corrected chi connectivity index (χ1v) is 9.66. The van der Waals surface area contributed by atoms with Crippen molar-refractivity contribution in [1.82, 2.24) is 0 Å². The number of hydrogen-bond acceptors (Lipinski definition) is 7. The molecular formula is C23H22O7. The fraction of sp³-hybridized carbons (Fsp3) is 0.304. The van der Waals surface area contributed by atoms with Crippen LogP contribution in [0.5, 0.6) is 5.75 Å². The Balaban J connectivity index is 1.48. The van der Waals surface area contributed by atoms with Gasteiger partial charge in [0.2, 0.25) is 0 Å². The molecule has 0 aliphatic carbocycles. The molecule has 7 nitrogen and oxygen atoms in total. The number of carbonyl (C=O) groups excluding carboxylic acids is 2. The van der Waals surface area contributed by atoms with Gasteiger partial charge in [0.25, 0.3) is 0 Å². The average molecular weight is 410 g/mol. The van der Waals surface area contributed by atoms with Gasteiger partial charge in [-0.15, -0.1) is 0 Å². The summed E-state index contributed by atoms with van der Waals surface area (Å²) in [7, 11) is 1.58. The summed E-state index contributed by atoms with van der Waals surface area (Å²) in [4.78, 5) is 24.1. The third kappa shape index (κ3) is 4.22. The molecule has 2 aliphatic rings. The maximum Gasteiger partial charge on any atom is 0.331 e. The summed E-state index contributed by atoms with van der Waals surface area (Å²) in [6.07, 6.45) is -1.10. The first-order valence-electron chi connectivity index (χ1n) is 9.66. The number of fused-ring (bicyclic) bond motifs is 1. The maximum absolute atomic E-state index is 12.5. The Morgan fingerprint density at radius 2 is 1.90 bits per heavy atom. The van der Waals surface area contributed by atoms with Gasteiger partial charge in [-0.1, -0.05) is 42.5 Å². The van der Waals surface area contributed by atoms with E-state index in [9.17, 15) is 14.7 Å². The monoisotopic (exact) mass is 410 g/mol. The number of rotatable bonds is 6. The van der Waals surface area contributed by atoms with Crippen molar-refractivity contribution < 1.29 is 33.6 Å². The predicted octanol–water partition coefficient (Wildman–Crippen LogP) is 2.44. The highest BCUT2D eigenvalue weighted by Gasteiger charge is 2.55. The van der Waals surface area contributed by atoms with Crippen molar-refractivity contribution in [2.24, 2.45) is 0 Å². The molecule has 7 heteroatoms. The Morgan fingerprint density at radius 3 is 2.60 bits per heavy atom. The Morgan fingerprint density at radius 1 is 1.17 bits per heavy atom. The molecule has 0 spiro atoms. The summed E-state index contributed by atoms with van der Waals surface area (Å²) >= 11 is 0. The highest BCUT2D eigenvalue weighted by molar-refractivity contribution is 5.87. The molecule has 2 heterocycles. The lowest BCUT2D eigenvalue weighted by atomic mass is 9.98. The molecule has 0 saturated carbocycles. The van der Waals surface area contributed by atoms with E-state index in [0.717, 1.165) is 5.56 Å². The van der Waals surface area contributed by atoms with Gasteiger partial charge in [0.1, 0.15) is 24.1 Å². The van der Waals surface area contributed by atoms with Gasteiger partial charge >= 0.3 is 11.9 Å². The molecule has 0 amide bonds. The number of aliphatic hydroxyl groups is 1. The van der Waals surface area contributed by atoms with Gasteiger partial charge in [-0.2, -0.15) is 0 Å². The molecule has 0 unspecified atom stereocenters. The summed E-state index contributed by atoms with van der Waals surface area (Å²) in [6, 6.07) is 16.1. The predicted molar refractivity (Wildman–Crippen MR) is 106 cm³/mol. The van der Waals surface area contributed by atoms with E-state index < -0.39 is 42.5 Å². The van der Waals surface area contributed by atoms with Crippen LogP contribution in [0, 0.1) is 0 Å². The molecule has 30 heavy (non-hydrogen) atoms. The minimum atomic E-state index is -1.03. The molecule has 2 aromatic carbocycles. The smallest absolute Gasteiger partial charge is 0.331 e. The lowest BCUT2D eigenvalue weighted by Crippen LogP contribution is -2.39. The normalized spacial score (nSPS) is 26.3. The van der Waals surface area contributed by atoms with Crippen molar-refractivity contribution in [3.05, 3.63) is 71.8 Å². The standard InChI is InChI=1S/C23H22O7/c1-27-16-10-7-14(8-11-16)9-12-18(24)29-23-21-17(13-19(25)30-21)28-22(23)20(26)15-5-3-2-4-6-15/h2-12,17,20-23,26H,13H2,1H3/b12-9+/t17-,20+,21+,22-,23-/m1/s1. The van der Waals surface area contributed by atoms with E-state index in [0.29, 0.717) is 11.3 Å². The van der Waals surface area contributed by atoms with Crippen molar-refractivity contribution >= 4 is 18.0 Å². The molecule has 2 fully saturated rings. The summed E-state index contributed by atoms with van der Waals surface area (Å²) in [5, 5.41) is 10.8. The molecule has 156 valence electrons. The van der Waals surface area contributed by atoms with Crippen molar-refractivity contribution in [3.8, 4) is 5.75 Å². The van der Waals surface area contributed by atoms with E-state index in [1.165, 1.54) is 6.08 Å². The van der Waals surface area contributed by atoms with Crippen LogP contribution in [0.2, 0.25) is 0 Å². The van der Waals surface area contributed by atoms with Crippen LogP contribution in [0.25, 0.3) is 6.08 Å². The van der Waals surface area contributed by atoms with E-state index in [1.807, 2.05) is 6.07 Å². The molecular weight excluding hydrogens is 388 g/mol. The fourth-order valence-corrected chi connectivity index (χ4v) is 3.71. The lowest BCUT2D eigenvalue weighted by molar-refractivity contribution is -0.162. The van der Waals surface area contributed by atoms with Crippen LogP contribution >= 0.6 is 0 Å². The molecule has 2 saturated heterocycles. The zero-order valence-electron chi connectivity index (χ0n) is 16.3. The Bertz CT molecular complexity index is 922. The topological polar surface area (TPSA) is 91.3 Å². The van der Waals surface area contributed by atoms with Crippen LogP contribution in [0.3, 0.4) is 0 Å². The Labute approximate surface area is 173 Å². The maximum atomic E-state index is 12.5. The third-order valence-electron chi connectivity index (χ3n) is 5.21. The zero-order chi connectivity index (χ0) is 21.1. The van der Waals surface area contributed by atoms with Crippen molar-refractivity contribution in [3.63, 3.8) is 0 Å². The van der Waals surface area contributed by atoms with Gasteiger partial charge in [-0.25, -0.2) is 4.79 Å². The van der Waals surface area contributed by atoms with Crippen molar-refractivity contribution in [2.45, 2.75) is 36.9 Å². The zero-order valence-corrected chi connectivity index (χ0v) is 16.3. The largest absolute Gasteiger partial charge is 0.497 e. The summed E-state index contributed by atoms with van der Waals surface area (Å²) in [5.74, 6) is -0.314. The van der Waals surface area contributed by atoms with E-state index in [-0.39, 0.29) is 6.42 Å². The third-order valence-corrected chi connectivity index (χ3v) is 5.21. The Kier molecular flexibility index (Phi) is 5.83.